The number of carbonyl (C=O) groups excluding carboxylic acids is 1. The molecule has 0 unspecified atom stereocenters. The fraction of sp³-hybridized carbons (Fsp3) is 0.143. The summed E-state index contributed by atoms with van der Waals surface area (Å²) in [6.45, 7) is 0. The van der Waals surface area contributed by atoms with E-state index in [1.807, 2.05) is 0 Å². The van der Waals surface area contributed by atoms with Crippen LogP contribution in [0.4, 0.5) is 17.6 Å². The molecule has 6 heteroatoms. The van der Waals surface area contributed by atoms with E-state index >= 15 is 0 Å². The van der Waals surface area contributed by atoms with Crippen LogP contribution in [0.15, 0.2) is 12.3 Å². The van der Waals surface area contributed by atoms with Gasteiger partial charge in [-0.3, -0.25) is 4.79 Å². The zero-order chi connectivity index (χ0) is 10.1. The molecule has 0 bridgehead atoms. The Bertz CT molecular complexity index is 334. The van der Waals surface area contributed by atoms with E-state index in [-0.39, 0.29) is 6.29 Å². The van der Waals surface area contributed by atoms with Gasteiger partial charge in [0.25, 0.3) is 0 Å². The van der Waals surface area contributed by atoms with E-state index in [9.17, 15) is 22.4 Å². The maximum Gasteiger partial charge on any atom is 0.417 e. The SMILES string of the molecule is O=Cc1cc(C(F)(F)F)cnc1F. The van der Waals surface area contributed by atoms with Crippen molar-refractivity contribution >= 4 is 6.29 Å². The molecule has 1 rings (SSSR count). The zero-order valence-corrected chi connectivity index (χ0v) is 6.10. The summed E-state index contributed by atoms with van der Waals surface area (Å²) >= 11 is 0. The van der Waals surface area contributed by atoms with E-state index in [1.165, 1.54) is 0 Å². The van der Waals surface area contributed by atoms with Gasteiger partial charge in [-0.25, -0.2) is 4.98 Å². The molecule has 2 nitrogen and oxygen atoms in total. The number of aldehydes is 1. The molecule has 0 aromatic carbocycles. The molecule has 1 aromatic rings. The largest absolute Gasteiger partial charge is 0.417 e. The smallest absolute Gasteiger partial charge is 0.298 e. The van der Waals surface area contributed by atoms with Crippen LogP contribution in [0.2, 0.25) is 0 Å². The van der Waals surface area contributed by atoms with Crippen molar-refractivity contribution in [1.82, 2.24) is 4.98 Å². The second-order valence-electron chi connectivity index (χ2n) is 2.22. The van der Waals surface area contributed by atoms with E-state index in [4.69, 9.17) is 0 Å². The van der Waals surface area contributed by atoms with Gasteiger partial charge in [0, 0.05) is 6.20 Å². The Balaban J connectivity index is 3.21. The minimum atomic E-state index is -4.61. The normalized spacial score (nSPS) is 11.4. The molecule has 0 fully saturated rings. The first-order valence-corrected chi connectivity index (χ1v) is 3.13. The lowest BCUT2D eigenvalue weighted by atomic mass is 10.2. The summed E-state index contributed by atoms with van der Waals surface area (Å²) in [6, 6.07) is 0.412. The van der Waals surface area contributed by atoms with Crippen LogP contribution in [0.5, 0.6) is 0 Å². The summed E-state index contributed by atoms with van der Waals surface area (Å²) in [6.07, 6.45) is -4.29. The summed E-state index contributed by atoms with van der Waals surface area (Å²) in [5, 5.41) is 0. The number of hydrogen-bond donors (Lipinski definition) is 0. The Morgan fingerprint density at radius 1 is 1.38 bits per heavy atom. The lowest BCUT2D eigenvalue weighted by Crippen LogP contribution is -2.07. The minimum absolute atomic E-state index is 0.0163. The van der Waals surface area contributed by atoms with Crippen LogP contribution < -0.4 is 0 Å². The van der Waals surface area contributed by atoms with Gasteiger partial charge in [-0.15, -0.1) is 0 Å². The van der Waals surface area contributed by atoms with E-state index in [0.29, 0.717) is 12.3 Å². The third kappa shape index (κ3) is 2.01. The second kappa shape index (κ2) is 3.12. The van der Waals surface area contributed by atoms with Gasteiger partial charge in [-0.2, -0.15) is 17.6 Å². The molecule has 0 aliphatic carbocycles. The van der Waals surface area contributed by atoms with Crippen molar-refractivity contribution in [3.8, 4) is 0 Å². The monoisotopic (exact) mass is 193 g/mol. The predicted molar refractivity (Wildman–Crippen MR) is 34.6 cm³/mol. The molecule has 0 atom stereocenters. The average molecular weight is 193 g/mol. The highest BCUT2D eigenvalue weighted by Crippen LogP contribution is 2.29. The van der Waals surface area contributed by atoms with E-state index in [0.717, 1.165) is 0 Å². The maximum atomic E-state index is 12.4. The summed E-state index contributed by atoms with van der Waals surface area (Å²) in [4.78, 5) is 12.9. The van der Waals surface area contributed by atoms with Crippen LogP contribution in [0, 0.1) is 5.95 Å². The third-order valence-electron chi connectivity index (χ3n) is 1.32. The zero-order valence-electron chi connectivity index (χ0n) is 6.10. The quantitative estimate of drug-likeness (QED) is 0.388. The van der Waals surface area contributed by atoms with Gasteiger partial charge in [0.1, 0.15) is 0 Å². The second-order valence-corrected chi connectivity index (χ2v) is 2.22. The van der Waals surface area contributed by atoms with Gasteiger partial charge in [0.05, 0.1) is 11.1 Å². The van der Waals surface area contributed by atoms with Gasteiger partial charge < -0.3 is 0 Å². The van der Waals surface area contributed by atoms with E-state index in [1.54, 1.807) is 0 Å². The number of nitrogens with zero attached hydrogens (tertiary/aromatic N) is 1. The molecule has 0 amide bonds. The van der Waals surface area contributed by atoms with Crippen molar-refractivity contribution in [2.75, 3.05) is 0 Å². The first-order chi connectivity index (χ1) is 5.95. The topological polar surface area (TPSA) is 30.0 Å². The lowest BCUT2D eigenvalue weighted by molar-refractivity contribution is -0.137. The van der Waals surface area contributed by atoms with Crippen molar-refractivity contribution in [1.29, 1.82) is 0 Å². The molecule has 0 aliphatic rings. The van der Waals surface area contributed by atoms with Crippen molar-refractivity contribution < 1.29 is 22.4 Å². The summed E-state index contributed by atoms with van der Waals surface area (Å²) in [5.74, 6) is -1.21. The number of hydrogen-bond acceptors (Lipinski definition) is 2. The Hall–Kier alpha value is -1.46. The molecular formula is C7H3F4NO. The molecule has 0 saturated heterocycles. The van der Waals surface area contributed by atoms with Crippen molar-refractivity contribution in [2.24, 2.45) is 0 Å². The van der Waals surface area contributed by atoms with E-state index in [2.05, 4.69) is 4.98 Å². The first-order valence-electron chi connectivity index (χ1n) is 3.13. The Morgan fingerprint density at radius 2 is 2.00 bits per heavy atom. The third-order valence-corrected chi connectivity index (χ3v) is 1.32. The van der Waals surface area contributed by atoms with Gasteiger partial charge in [-0.1, -0.05) is 0 Å². The van der Waals surface area contributed by atoms with Crippen LogP contribution in [0.25, 0.3) is 0 Å². The van der Waals surface area contributed by atoms with Crippen LogP contribution >= 0.6 is 0 Å². The number of aromatic nitrogens is 1. The number of halogens is 4. The van der Waals surface area contributed by atoms with Crippen LogP contribution in [-0.4, -0.2) is 11.3 Å². The highest BCUT2D eigenvalue weighted by molar-refractivity contribution is 5.74. The van der Waals surface area contributed by atoms with Crippen molar-refractivity contribution in [3.63, 3.8) is 0 Å². The van der Waals surface area contributed by atoms with Crippen LogP contribution in [0.1, 0.15) is 15.9 Å². The Morgan fingerprint density at radius 3 is 2.46 bits per heavy atom. The Kier molecular flexibility index (Phi) is 2.31. The maximum absolute atomic E-state index is 12.4. The molecule has 1 aromatic heterocycles. The van der Waals surface area contributed by atoms with E-state index < -0.39 is 23.3 Å². The standard InChI is InChI=1S/C7H3F4NO/c8-6-4(3-13)1-5(2-12-6)7(9,10)11/h1-3H. The van der Waals surface area contributed by atoms with Crippen molar-refractivity contribution in [2.45, 2.75) is 6.18 Å². The number of carbonyl (C=O) groups is 1. The van der Waals surface area contributed by atoms with Crippen molar-refractivity contribution in [3.05, 3.63) is 29.3 Å². The molecule has 0 aliphatic heterocycles. The Labute approximate surface area is 70.2 Å². The summed E-state index contributed by atoms with van der Waals surface area (Å²) in [5.41, 5.74) is -1.84. The molecule has 1 heterocycles. The lowest BCUT2D eigenvalue weighted by Gasteiger charge is -2.05. The molecule has 0 N–H and O–H groups in total. The summed E-state index contributed by atoms with van der Waals surface area (Å²) in [7, 11) is 0. The molecule has 13 heavy (non-hydrogen) atoms. The van der Waals surface area contributed by atoms with Gasteiger partial charge >= 0.3 is 6.18 Å². The van der Waals surface area contributed by atoms with Crippen LogP contribution in [-0.2, 0) is 6.18 Å². The predicted octanol–water partition coefficient (Wildman–Crippen LogP) is 2.05. The highest BCUT2D eigenvalue weighted by atomic mass is 19.4. The summed E-state index contributed by atoms with van der Waals surface area (Å²) < 4.78 is 48.3. The molecular weight excluding hydrogens is 190 g/mol. The van der Waals surface area contributed by atoms with Gasteiger partial charge in [-0.05, 0) is 6.07 Å². The van der Waals surface area contributed by atoms with Gasteiger partial charge in [0.15, 0.2) is 6.29 Å². The number of pyridine rings is 1. The number of alkyl halides is 3. The minimum Gasteiger partial charge on any atom is -0.298 e. The highest BCUT2D eigenvalue weighted by Gasteiger charge is 2.31. The van der Waals surface area contributed by atoms with Gasteiger partial charge in [0.2, 0.25) is 5.95 Å². The molecule has 0 radical (unpaired) electrons. The fourth-order valence-electron chi connectivity index (χ4n) is 0.703. The fourth-order valence-corrected chi connectivity index (χ4v) is 0.703. The van der Waals surface area contributed by atoms with Crippen LogP contribution in [0.3, 0.4) is 0 Å². The molecule has 0 spiro atoms. The number of rotatable bonds is 1. The average Bonchev–Trinajstić information content (AvgIpc) is 2.03. The molecule has 0 saturated carbocycles. The first kappa shape index (κ1) is 9.63. The molecule has 70 valence electrons.